The van der Waals surface area contributed by atoms with Gasteiger partial charge in [0.25, 0.3) is 10.0 Å². The molecule has 2 aromatic heterocycles. The van der Waals surface area contributed by atoms with Crippen LogP contribution in [-0.2, 0) is 14.8 Å². The summed E-state index contributed by atoms with van der Waals surface area (Å²) in [4.78, 5) is 17.4. The fourth-order valence-electron chi connectivity index (χ4n) is 2.72. The van der Waals surface area contributed by atoms with Crippen LogP contribution in [0.3, 0.4) is 0 Å². The van der Waals surface area contributed by atoms with Gasteiger partial charge < -0.3 is 5.32 Å². The molecule has 0 spiro atoms. The Morgan fingerprint density at radius 2 is 2.17 bits per heavy atom. The molecule has 3 rings (SSSR count). The second-order valence-electron chi connectivity index (χ2n) is 5.77. The monoisotopic (exact) mass is 365 g/mol. The molecule has 1 amide bonds. The van der Waals surface area contributed by atoms with Gasteiger partial charge in [-0.15, -0.1) is 11.3 Å². The highest BCUT2D eigenvalue weighted by molar-refractivity contribution is 7.91. The summed E-state index contributed by atoms with van der Waals surface area (Å²) in [6, 6.07) is 8.70. The summed E-state index contributed by atoms with van der Waals surface area (Å²) in [6.45, 7) is 2.54. The topological polar surface area (TPSA) is 79.4 Å². The van der Waals surface area contributed by atoms with Crippen molar-refractivity contribution in [3.05, 3.63) is 41.4 Å². The summed E-state index contributed by atoms with van der Waals surface area (Å²) in [5, 5.41) is 2.76. The van der Waals surface area contributed by atoms with E-state index in [-0.39, 0.29) is 18.4 Å². The lowest BCUT2D eigenvalue weighted by Gasteiger charge is -2.30. The van der Waals surface area contributed by atoms with Gasteiger partial charge in [-0.1, -0.05) is 6.07 Å². The van der Waals surface area contributed by atoms with Gasteiger partial charge in [-0.25, -0.2) is 13.4 Å². The molecule has 0 aromatic carbocycles. The minimum absolute atomic E-state index is 0.184. The lowest BCUT2D eigenvalue weighted by Crippen LogP contribution is -2.43. The third-order valence-electron chi connectivity index (χ3n) is 3.98. The number of carbonyl (C=O) groups is 1. The van der Waals surface area contributed by atoms with Crippen LogP contribution in [0.1, 0.15) is 17.7 Å². The summed E-state index contributed by atoms with van der Waals surface area (Å²) in [5.41, 5.74) is 0. The first-order valence-corrected chi connectivity index (χ1v) is 10.0. The zero-order valence-electron chi connectivity index (χ0n) is 13.3. The van der Waals surface area contributed by atoms with E-state index in [0.717, 1.165) is 4.88 Å². The van der Waals surface area contributed by atoms with Crippen LogP contribution in [0.25, 0.3) is 0 Å². The molecule has 1 unspecified atom stereocenters. The summed E-state index contributed by atoms with van der Waals surface area (Å²) >= 11 is 1.26. The number of aryl methyl sites for hydroxylation is 1. The zero-order chi connectivity index (χ0) is 17.2. The number of nitrogens with zero attached hydrogens (tertiary/aromatic N) is 2. The molecule has 1 N–H and O–H groups in total. The molecule has 1 atom stereocenters. The van der Waals surface area contributed by atoms with Gasteiger partial charge in [0.2, 0.25) is 5.91 Å². The molecule has 6 nitrogen and oxygen atoms in total. The molecule has 0 saturated carbocycles. The van der Waals surface area contributed by atoms with Crippen molar-refractivity contribution >= 4 is 33.1 Å². The van der Waals surface area contributed by atoms with E-state index in [2.05, 4.69) is 10.3 Å². The minimum Gasteiger partial charge on any atom is -0.310 e. The molecule has 1 saturated heterocycles. The molecule has 0 aliphatic carbocycles. The van der Waals surface area contributed by atoms with E-state index in [9.17, 15) is 13.2 Å². The second kappa shape index (κ2) is 7.00. The largest absolute Gasteiger partial charge is 0.310 e. The maximum Gasteiger partial charge on any atom is 0.252 e. The Labute approximate surface area is 145 Å². The van der Waals surface area contributed by atoms with E-state index >= 15 is 0 Å². The van der Waals surface area contributed by atoms with Crippen LogP contribution in [0.4, 0.5) is 5.82 Å². The minimum atomic E-state index is -3.52. The highest BCUT2D eigenvalue weighted by atomic mass is 32.2. The normalized spacial score (nSPS) is 19.1. The van der Waals surface area contributed by atoms with E-state index < -0.39 is 10.0 Å². The molecule has 1 aliphatic rings. The average Bonchev–Trinajstić information content (AvgIpc) is 3.03. The van der Waals surface area contributed by atoms with Gasteiger partial charge in [0.05, 0.1) is 5.92 Å². The fraction of sp³-hybridized carbons (Fsp3) is 0.375. The number of carbonyl (C=O) groups excluding carboxylic acids is 1. The van der Waals surface area contributed by atoms with Crippen LogP contribution in [0, 0.1) is 12.8 Å². The van der Waals surface area contributed by atoms with Crippen molar-refractivity contribution in [2.45, 2.75) is 24.0 Å². The maximum atomic E-state index is 12.7. The van der Waals surface area contributed by atoms with E-state index in [1.807, 2.05) is 6.92 Å². The molecule has 1 aliphatic heterocycles. The molecule has 0 radical (unpaired) electrons. The fourth-order valence-corrected chi connectivity index (χ4v) is 5.68. The number of amides is 1. The van der Waals surface area contributed by atoms with Crippen molar-refractivity contribution < 1.29 is 13.2 Å². The lowest BCUT2D eigenvalue weighted by atomic mass is 9.99. The van der Waals surface area contributed by atoms with Crippen LogP contribution in [0.15, 0.2) is 40.7 Å². The van der Waals surface area contributed by atoms with E-state index in [0.29, 0.717) is 29.4 Å². The predicted molar refractivity (Wildman–Crippen MR) is 93.4 cm³/mol. The first-order valence-electron chi connectivity index (χ1n) is 7.75. The summed E-state index contributed by atoms with van der Waals surface area (Å²) < 4.78 is 27.2. The Hall–Kier alpha value is -1.77. The summed E-state index contributed by atoms with van der Waals surface area (Å²) in [6.07, 6.45) is 2.95. The van der Waals surface area contributed by atoms with Gasteiger partial charge in [0.1, 0.15) is 10.0 Å². The van der Waals surface area contributed by atoms with Crippen molar-refractivity contribution in [2.75, 3.05) is 18.4 Å². The number of thiophene rings is 1. The number of nitrogens with one attached hydrogen (secondary N) is 1. The van der Waals surface area contributed by atoms with E-state index in [1.165, 1.54) is 15.6 Å². The SMILES string of the molecule is Cc1ccc(S(=O)(=O)N2CCCC(C(=O)Nc3ccccn3)C2)s1. The molecule has 2 aromatic rings. The van der Waals surface area contributed by atoms with Crippen molar-refractivity contribution in [1.82, 2.24) is 9.29 Å². The first-order chi connectivity index (χ1) is 11.5. The van der Waals surface area contributed by atoms with Crippen LogP contribution >= 0.6 is 11.3 Å². The Balaban J connectivity index is 1.71. The van der Waals surface area contributed by atoms with Gasteiger partial charge in [-0.3, -0.25) is 4.79 Å². The Morgan fingerprint density at radius 3 is 2.83 bits per heavy atom. The second-order valence-corrected chi connectivity index (χ2v) is 9.22. The Kier molecular flexibility index (Phi) is 4.98. The quantitative estimate of drug-likeness (QED) is 0.903. The number of sulfonamides is 1. The van der Waals surface area contributed by atoms with Crippen LogP contribution in [-0.4, -0.2) is 36.7 Å². The Bertz CT molecular complexity index is 818. The van der Waals surface area contributed by atoms with E-state index in [4.69, 9.17) is 0 Å². The van der Waals surface area contributed by atoms with Gasteiger partial charge >= 0.3 is 0 Å². The molecule has 3 heterocycles. The maximum absolute atomic E-state index is 12.7. The molecule has 0 bridgehead atoms. The van der Waals surface area contributed by atoms with Crippen molar-refractivity contribution in [1.29, 1.82) is 0 Å². The zero-order valence-corrected chi connectivity index (χ0v) is 14.9. The number of anilines is 1. The number of pyridine rings is 1. The number of hydrogen-bond donors (Lipinski definition) is 1. The third-order valence-corrected chi connectivity index (χ3v) is 7.31. The van der Waals surface area contributed by atoms with Gasteiger partial charge in [0.15, 0.2) is 0 Å². The number of aromatic nitrogens is 1. The molecule has 1 fully saturated rings. The van der Waals surface area contributed by atoms with Gasteiger partial charge in [0, 0.05) is 24.2 Å². The van der Waals surface area contributed by atoms with Crippen LogP contribution in [0.2, 0.25) is 0 Å². The highest BCUT2D eigenvalue weighted by Crippen LogP contribution is 2.28. The highest BCUT2D eigenvalue weighted by Gasteiger charge is 2.34. The van der Waals surface area contributed by atoms with Crippen LogP contribution in [0.5, 0.6) is 0 Å². The first kappa shape index (κ1) is 17.1. The van der Waals surface area contributed by atoms with Crippen molar-refractivity contribution in [3.8, 4) is 0 Å². The predicted octanol–water partition coefficient (Wildman–Crippen LogP) is 2.49. The Morgan fingerprint density at radius 1 is 1.33 bits per heavy atom. The molecule has 8 heteroatoms. The van der Waals surface area contributed by atoms with Crippen LogP contribution < -0.4 is 5.32 Å². The molecular formula is C16H19N3O3S2. The summed E-state index contributed by atoms with van der Waals surface area (Å²) in [7, 11) is -3.52. The van der Waals surface area contributed by atoms with Gasteiger partial charge in [-0.05, 0) is 44.0 Å². The van der Waals surface area contributed by atoms with Crippen molar-refractivity contribution in [3.63, 3.8) is 0 Å². The van der Waals surface area contributed by atoms with Crippen molar-refractivity contribution in [2.24, 2.45) is 5.92 Å². The standard InChI is InChI=1S/C16H19N3O3S2/c1-12-7-8-15(23-12)24(21,22)19-10-4-5-13(11-19)16(20)18-14-6-2-3-9-17-14/h2-3,6-9,13H,4-5,10-11H2,1H3,(H,17,18,20). The van der Waals surface area contributed by atoms with E-state index in [1.54, 1.807) is 36.5 Å². The molecule has 24 heavy (non-hydrogen) atoms. The van der Waals surface area contributed by atoms with Gasteiger partial charge in [-0.2, -0.15) is 4.31 Å². The average molecular weight is 365 g/mol. The molecule has 128 valence electrons. The number of rotatable bonds is 4. The summed E-state index contributed by atoms with van der Waals surface area (Å²) in [5.74, 6) is -0.0658. The number of hydrogen-bond acceptors (Lipinski definition) is 5. The smallest absolute Gasteiger partial charge is 0.252 e. The third kappa shape index (κ3) is 3.66. The number of piperidine rings is 1. The molecular weight excluding hydrogens is 346 g/mol. The lowest BCUT2D eigenvalue weighted by molar-refractivity contribution is -0.120.